The Bertz CT molecular complexity index is 320. The fourth-order valence-corrected chi connectivity index (χ4v) is 3.45. The monoisotopic (exact) mass is 247 g/mol. The van der Waals surface area contributed by atoms with Gasteiger partial charge in [0, 0.05) is 6.54 Å². The van der Waals surface area contributed by atoms with Crippen LogP contribution in [0.4, 0.5) is 0 Å². The van der Waals surface area contributed by atoms with Crippen molar-refractivity contribution in [2.24, 2.45) is 11.3 Å². The third-order valence-electron chi connectivity index (χ3n) is 3.82. The van der Waals surface area contributed by atoms with Gasteiger partial charge in [0.1, 0.15) is 0 Å². The van der Waals surface area contributed by atoms with Crippen LogP contribution < -0.4 is 5.32 Å². The molecule has 0 aliphatic heterocycles. The molecule has 1 unspecified atom stereocenters. The van der Waals surface area contributed by atoms with Crippen molar-refractivity contribution >= 4 is 9.84 Å². The summed E-state index contributed by atoms with van der Waals surface area (Å²) in [6.07, 6.45) is 3.32. The Kier molecular flexibility index (Phi) is 4.41. The third kappa shape index (κ3) is 3.45. The van der Waals surface area contributed by atoms with Crippen LogP contribution in [0.3, 0.4) is 0 Å². The molecule has 0 radical (unpaired) electrons. The highest BCUT2D eigenvalue weighted by molar-refractivity contribution is 7.91. The van der Waals surface area contributed by atoms with Gasteiger partial charge in [0.15, 0.2) is 9.84 Å². The van der Waals surface area contributed by atoms with Crippen LogP contribution in [0.25, 0.3) is 0 Å². The molecule has 0 bridgehead atoms. The lowest BCUT2D eigenvalue weighted by Gasteiger charge is -2.29. The molecule has 1 aliphatic rings. The van der Waals surface area contributed by atoms with Crippen LogP contribution in [0.15, 0.2) is 0 Å². The van der Waals surface area contributed by atoms with Crippen molar-refractivity contribution in [3.05, 3.63) is 0 Å². The van der Waals surface area contributed by atoms with Crippen molar-refractivity contribution in [1.82, 2.24) is 5.32 Å². The first kappa shape index (κ1) is 14.0. The summed E-state index contributed by atoms with van der Waals surface area (Å²) < 4.78 is 23.6. The van der Waals surface area contributed by atoms with E-state index in [1.54, 1.807) is 13.8 Å². The van der Waals surface area contributed by atoms with E-state index < -0.39 is 9.84 Å². The molecule has 0 heterocycles. The van der Waals surface area contributed by atoms with Crippen LogP contribution >= 0.6 is 0 Å². The Balaban J connectivity index is 2.57. The van der Waals surface area contributed by atoms with Crippen LogP contribution in [-0.2, 0) is 9.84 Å². The zero-order valence-corrected chi connectivity index (χ0v) is 11.7. The number of sulfone groups is 1. The molecular formula is C12H25NO2S. The molecule has 0 amide bonds. The zero-order valence-electron chi connectivity index (χ0n) is 10.9. The molecule has 1 saturated carbocycles. The summed E-state index contributed by atoms with van der Waals surface area (Å²) in [6.45, 7) is 6.67. The van der Waals surface area contributed by atoms with Crippen LogP contribution in [0.2, 0.25) is 0 Å². The average Bonchev–Trinajstić information content (AvgIpc) is 2.98. The van der Waals surface area contributed by atoms with E-state index >= 15 is 0 Å². The highest BCUT2D eigenvalue weighted by Gasteiger charge is 2.41. The SMILES string of the molecule is CNCC(C)(CCS(=O)(=O)C(C)C)C1CC1. The summed E-state index contributed by atoms with van der Waals surface area (Å²) in [6, 6.07) is 0. The summed E-state index contributed by atoms with van der Waals surface area (Å²) in [5.41, 5.74) is 0.163. The molecular weight excluding hydrogens is 222 g/mol. The van der Waals surface area contributed by atoms with Gasteiger partial charge in [-0.2, -0.15) is 0 Å². The molecule has 0 aromatic heterocycles. The summed E-state index contributed by atoms with van der Waals surface area (Å²) in [5, 5.41) is 2.96. The number of hydrogen-bond donors (Lipinski definition) is 1. The summed E-state index contributed by atoms with van der Waals surface area (Å²) in [7, 11) is -0.941. The van der Waals surface area contributed by atoms with Gasteiger partial charge in [-0.1, -0.05) is 6.92 Å². The largest absolute Gasteiger partial charge is 0.319 e. The van der Waals surface area contributed by atoms with Crippen molar-refractivity contribution < 1.29 is 8.42 Å². The van der Waals surface area contributed by atoms with E-state index in [9.17, 15) is 8.42 Å². The molecule has 1 aliphatic carbocycles. The van der Waals surface area contributed by atoms with E-state index in [2.05, 4.69) is 12.2 Å². The lowest BCUT2D eigenvalue weighted by Crippen LogP contribution is -2.34. The smallest absolute Gasteiger partial charge is 0.152 e. The Labute approximate surface area is 99.9 Å². The highest BCUT2D eigenvalue weighted by atomic mass is 32.2. The van der Waals surface area contributed by atoms with E-state index in [4.69, 9.17) is 0 Å². The van der Waals surface area contributed by atoms with E-state index in [0.717, 1.165) is 18.9 Å². The van der Waals surface area contributed by atoms with Crippen molar-refractivity contribution in [1.29, 1.82) is 0 Å². The average molecular weight is 247 g/mol. The standard InChI is InChI=1S/C12H25NO2S/c1-10(2)16(14,15)8-7-12(3,9-13-4)11-5-6-11/h10-11,13H,5-9H2,1-4H3. The molecule has 3 nitrogen and oxygen atoms in total. The maximum absolute atomic E-state index is 11.8. The second kappa shape index (κ2) is 5.05. The molecule has 1 rings (SSSR count). The van der Waals surface area contributed by atoms with Gasteiger partial charge in [-0.05, 0) is 51.5 Å². The minimum atomic E-state index is -2.88. The Hall–Kier alpha value is -0.0900. The van der Waals surface area contributed by atoms with E-state index in [0.29, 0.717) is 5.75 Å². The first-order valence-electron chi connectivity index (χ1n) is 6.18. The van der Waals surface area contributed by atoms with Gasteiger partial charge in [-0.15, -0.1) is 0 Å². The normalized spacial score (nSPS) is 21.1. The quantitative estimate of drug-likeness (QED) is 0.746. The molecule has 96 valence electrons. The lowest BCUT2D eigenvalue weighted by atomic mass is 9.82. The van der Waals surface area contributed by atoms with Crippen LogP contribution in [0.5, 0.6) is 0 Å². The lowest BCUT2D eigenvalue weighted by molar-refractivity contribution is 0.255. The third-order valence-corrected chi connectivity index (χ3v) is 6.03. The van der Waals surface area contributed by atoms with Gasteiger partial charge in [-0.25, -0.2) is 8.42 Å². The van der Waals surface area contributed by atoms with Gasteiger partial charge in [0.25, 0.3) is 0 Å². The molecule has 4 heteroatoms. The molecule has 1 fully saturated rings. The first-order valence-corrected chi connectivity index (χ1v) is 7.89. The fourth-order valence-electron chi connectivity index (χ4n) is 2.23. The predicted octanol–water partition coefficient (Wildman–Crippen LogP) is 1.84. The topological polar surface area (TPSA) is 46.2 Å². The molecule has 0 spiro atoms. The maximum atomic E-state index is 11.8. The molecule has 0 aromatic rings. The summed E-state index contributed by atoms with van der Waals surface area (Å²) >= 11 is 0. The van der Waals surface area contributed by atoms with Crippen molar-refractivity contribution in [2.75, 3.05) is 19.3 Å². The van der Waals surface area contributed by atoms with Crippen LogP contribution in [0.1, 0.15) is 40.0 Å². The van der Waals surface area contributed by atoms with Gasteiger partial charge in [0.2, 0.25) is 0 Å². The predicted molar refractivity (Wildman–Crippen MR) is 68.3 cm³/mol. The van der Waals surface area contributed by atoms with Gasteiger partial charge in [-0.3, -0.25) is 0 Å². The summed E-state index contributed by atoms with van der Waals surface area (Å²) in [5.74, 6) is 1.06. The first-order chi connectivity index (χ1) is 7.32. The number of nitrogens with one attached hydrogen (secondary N) is 1. The number of hydrogen-bond acceptors (Lipinski definition) is 3. The molecule has 0 aromatic carbocycles. The van der Waals surface area contributed by atoms with Gasteiger partial charge in [0.05, 0.1) is 11.0 Å². The van der Waals surface area contributed by atoms with E-state index in [1.807, 2.05) is 7.05 Å². The van der Waals surface area contributed by atoms with Gasteiger partial charge >= 0.3 is 0 Å². The Morgan fingerprint density at radius 3 is 2.31 bits per heavy atom. The Morgan fingerprint density at radius 2 is 1.94 bits per heavy atom. The molecule has 16 heavy (non-hydrogen) atoms. The fraction of sp³-hybridized carbons (Fsp3) is 1.00. The van der Waals surface area contributed by atoms with Crippen molar-refractivity contribution in [3.8, 4) is 0 Å². The zero-order chi connectivity index (χ0) is 12.4. The molecule has 1 atom stereocenters. The second-order valence-electron chi connectivity index (χ2n) is 5.62. The minimum absolute atomic E-state index is 0.163. The minimum Gasteiger partial charge on any atom is -0.319 e. The van der Waals surface area contributed by atoms with Crippen molar-refractivity contribution in [3.63, 3.8) is 0 Å². The highest BCUT2D eigenvalue weighted by Crippen LogP contribution is 2.47. The molecule has 0 saturated heterocycles. The maximum Gasteiger partial charge on any atom is 0.152 e. The molecule has 1 N–H and O–H groups in total. The second-order valence-corrected chi connectivity index (χ2v) is 8.30. The van der Waals surface area contributed by atoms with E-state index in [-0.39, 0.29) is 10.7 Å². The van der Waals surface area contributed by atoms with Crippen LogP contribution in [-0.4, -0.2) is 33.0 Å². The van der Waals surface area contributed by atoms with E-state index in [1.165, 1.54) is 12.8 Å². The van der Waals surface area contributed by atoms with Crippen LogP contribution in [0, 0.1) is 11.3 Å². The Morgan fingerprint density at radius 1 is 1.38 bits per heavy atom. The summed E-state index contributed by atoms with van der Waals surface area (Å²) in [4.78, 5) is 0. The van der Waals surface area contributed by atoms with Crippen molar-refractivity contribution in [2.45, 2.75) is 45.3 Å². The van der Waals surface area contributed by atoms with Gasteiger partial charge < -0.3 is 5.32 Å². The number of rotatable bonds is 7.